The number of nitrogen functional groups attached to an aromatic ring is 1. The number of rotatable bonds is 9. The molecule has 5 rings (SSSR count). The second-order valence-electron chi connectivity index (χ2n) is 10.3. The summed E-state index contributed by atoms with van der Waals surface area (Å²) in [6.07, 6.45) is 10.0. The Morgan fingerprint density at radius 2 is 2.21 bits per heavy atom. The van der Waals surface area contributed by atoms with E-state index in [1.807, 2.05) is 28.1 Å². The minimum absolute atomic E-state index is 0.0337. The number of urea groups is 1. The lowest BCUT2D eigenvalue weighted by molar-refractivity contribution is -0.160. The number of thiazole rings is 1. The minimum atomic E-state index is -0.619. The second kappa shape index (κ2) is 11.7. The van der Waals surface area contributed by atoms with Crippen molar-refractivity contribution in [3.8, 4) is 0 Å². The van der Waals surface area contributed by atoms with Crippen LogP contribution in [-0.4, -0.2) is 81.0 Å². The largest absolute Gasteiger partial charge is 0.375 e. The van der Waals surface area contributed by atoms with Gasteiger partial charge in [-0.3, -0.25) is 14.6 Å². The number of piperazine rings is 1. The van der Waals surface area contributed by atoms with E-state index in [1.165, 1.54) is 11.3 Å². The summed E-state index contributed by atoms with van der Waals surface area (Å²) in [7, 11) is 0. The average Bonchev–Trinajstić information content (AvgIpc) is 3.47. The van der Waals surface area contributed by atoms with Crippen LogP contribution in [0.15, 0.2) is 43.0 Å². The van der Waals surface area contributed by atoms with Crippen molar-refractivity contribution < 1.29 is 14.4 Å². The molecule has 39 heavy (non-hydrogen) atoms. The molecule has 1 aliphatic carbocycles. The number of nitrogens with zero attached hydrogens (tertiary/aromatic N) is 5. The van der Waals surface area contributed by atoms with Gasteiger partial charge in [0.1, 0.15) is 12.2 Å². The van der Waals surface area contributed by atoms with Crippen molar-refractivity contribution in [1.82, 2.24) is 30.1 Å². The highest BCUT2D eigenvalue weighted by molar-refractivity contribution is 7.22. The molecule has 11 heteroatoms. The van der Waals surface area contributed by atoms with Crippen molar-refractivity contribution in [3.63, 3.8) is 0 Å². The standard InChI is InChI=1S/C28H37N7O3S/c1-3-5-14-30-28(38)33(15-4-2)34-18-23(36)35-22(34)17-32(26(37)25(35)19-10-7-6-8-11-19)16-20-12-9-13-21-24(20)31-27(29)39-21/h4,7,9-10,12-13,19,22,25H,2-3,5-6,8,11,14-18H2,1H3,(H2,29,31)(H,30,38)/t19?,22?,25-/m0/s1. The summed E-state index contributed by atoms with van der Waals surface area (Å²) in [4.78, 5) is 48.9. The van der Waals surface area contributed by atoms with Gasteiger partial charge in [-0.15, -0.1) is 6.58 Å². The Hall–Kier alpha value is -3.44. The first-order chi connectivity index (χ1) is 18.9. The summed E-state index contributed by atoms with van der Waals surface area (Å²) in [6, 6.07) is 5.02. The van der Waals surface area contributed by atoms with Crippen LogP contribution < -0.4 is 11.1 Å². The van der Waals surface area contributed by atoms with Gasteiger partial charge in [0.15, 0.2) is 5.13 Å². The number of hydrazine groups is 1. The Morgan fingerprint density at radius 1 is 1.36 bits per heavy atom. The van der Waals surface area contributed by atoms with Gasteiger partial charge in [-0.1, -0.05) is 55.0 Å². The van der Waals surface area contributed by atoms with Gasteiger partial charge in [-0.05, 0) is 37.3 Å². The normalized spacial score (nSPS) is 23.4. The fourth-order valence-electron chi connectivity index (χ4n) is 5.88. The van der Waals surface area contributed by atoms with E-state index in [-0.39, 0.29) is 43.4 Å². The maximum atomic E-state index is 14.1. The summed E-state index contributed by atoms with van der Waals surface area (Å²) < 4.78 is 0.974. The molecule has 3 aliphatic rings. The van der Waals surface area contributed by atoms with Gasteiger partial charge in [0.25, 0.3) is 0 Å². The van der Waals surface area contributed by atoms with Gasteiger partial charge >= 0.3 is 6.03 Å². The van der Waals surface area contributed by atoms with Crippen molar-refractivity contribution in [2.24, 2.45) is 5.92 Å². The van der Waals surface area contributed by atoms with E-state index in [9.17, 15) is 14.4 Å². The lowest BCUT2D eigenvalue weighted by Gasteiger charge is -2.48. The smallest absolute Gasteiger partial charge is 0.332 e. The van der Waals surface area contributed by atoms with Crippen LogP contribution in [0, 0.1) is 5.92 Å². The number of para-hydroxylation sites is 1. The Kier molecular flexibility index (Phi) is 8.18. The third-order valence-corrected chi connectivity index (χ3v) is 8.58. The van der Waals surface area contributed by atoms with E-state index in [0.29, 0.717) is 18.2 Å². The number of benzene rings is 1. The Labute approximate surface area is 233 Å². The third-order valence-electron chi connectivity index (χ3n) is 7.73. The van der Waals surface area contributed by atoms with E-state index in [0.717, 1.165) is 47.9 Å². The number of allylic oxidation sites excluding steroid dienone is 1. The van der Waals surface area contributed by atoms with E-state index in [4.69, 9.17) is 5.73 Å². The first-order valence-electron chi connectivity index (χ1n) is 13.8. The molecule has 1 aromatic carbocycles. The topological polar surface area (TPSA) is 115 Å². The predicted molar refractivity (Wildman–Crippen MR) is 152 cm³/mol. The Balaban J connectivity index is 1.49. The zero-order chi connectivity index (χ0) is 27.5. The summed E-state index contributed by atoms with van der Waals surface area (Å²) in [6.45, 7) is 7.39. The molecular weight excluding hydrogens is 514 g/mol. The van der Waals surface area contributed by atoms with Gasteiger partial charge in [0, 0.05) is 19.0 Å². The minimum Gasteiger partial charge on any atom is -0.375 e. The number of nitrogens with one attached hydrogen (secondary N) is 1. The zero-order valence-corrected chi connectivity index (χ0v) is 23.2. The van der Waals surface area contributed by atoms with Crippen LogP contribution in [0.5, 0.6) is 0 Å². The summed E-state index contributed by atoms with van der Waals surface area (Å²) in [5, 5.41) is 6.83. The fraction of sp³-hybridized carbons (Fsp3) is 0.500. The molecule has 0 radical (unpaired) electrons. The molecule has 2 fully saturated rings. The molecule has 3 heterocycles. The number of hydrogen-bond donors (Lipinski definition) is 2. The van der Waals surface area contributed by atoms with Crippen molar-refractivity contribution >= 4 is 44.5 Å². The van der Waals surface area contributed by atoms with Crippen molar-refractivity contribution in [3.05, 3.63) is 48.6 Å². The number of amides is 4. The highest BCUT2D eigenvalue weighted by Gasteiger charge is 2.53. The molecule has 2 saturated heterocycles. The van der Waals surface area contributed by atoms with Crippen molar-refractivity contribution in [2.75, 3.05) is 31.9 Å². The monoisotopic (exact) mass is 551 g/mol. The highest BCUT2D eigenvalue weighted by atomic mass is 32.1. The van der Waals surface area contributed by atoms with Crippen LogP contribution >= 0.6 is 11.3 Å². The zero-order valence-electron chi connectivity index (χ0n) is 22.4. The van der Waals surface area contributed by atoms with E-state index < -0.39 is 12.2 Å². The number of aromatic nitrogens is 1. The lowest BCUT2D eigenvalue weighted by Crippen LogP contribution is -2.67. The van der Waals surface area contributed by atoms with Crippen LogP contribution in [0.3, 0.4) is 0 Å². The van der Waals surface area contributed by atoms with Crippen molar-refractivity contribution in [2.45, 2.75) is 57.8 Å². The molecule has 208 valence electrons. The molecule has 2 unspecified atom stereocenters. The maximum absolute atomic E-state index is 14.1. The molecule has 3 atom stereocenters. The number of nitrogens with two attached hydrogens (primary N) is 1. The third kappa shape index (κ3) is 5.38. The lowest BCUT2D eigenvalue weighted by atomic mass is 9.86. The molecule has 3 N–H and O–H groups in total. The SMILES string of the molecule is C=CCN(C(=O)NCCCC)N1CC(=O)N2C1CN(Cc1cccc3sc(N)nc13)C(=O)[C@@H]2C1C=CCCC1. The molecule has 10 nitrogen and oxygen atoms in total. The summed E-state index contributed by atoms with van der Waals surface area (Å²) in [5.74, 6) is -0.278. The number of carbonyl (C=O) groups is 3. The molecular formula is C28H37N7O3S. The molecule has 0 bridgehead atoms. The number of fused-ring (bicyclic) bond motifs is 2. The van der Waals surface area contributed by atoms with Gasteiger partial charge in [-0.25, -0.2) is 9.78 Å². The number of hydrogen-bond acceptors (Lipinski definition) is 7. The van der Waals surface area contributed by atoms with Crippen LogP contribution in [0.2, 0.25) is 0 Å². The van der Waals surface area contributed by atoms with Crippen LogP contribution in [0.1, 0.15) is 44.6 Å². The second-order valence-corrected chi connectivity index (χ2v) is 11.4. The molecule has 0 spiro atoms. The molecule has 2 aliphatic heterocycles. The predicted octanol–water partition coefficient (Wildman–Crippen LogP) is 3.33. The van der Waals surface area contributed by atoms with E-state index in [1.54, 1.807) is 16.0 Å². The van der Waals surface area contributed by atoms with E-state index in [2.05, 4.69) is 36.0 Å². The van der Waals surface area contributed by atoms with Gasteiger partial charge in [0.05, 0.1) is 29.9 Å². The molecule has 0 saturated carbocycles. The first-order valence-corrected chi connectivity index (χ1v) is 14.6. The van der Waals surface area contributed by atoms with Gasteiger partial charge in [0.2, 0.25) is 11.8 Å². The van der Waals surface area contributed by atoms with Gasteiger partial charge in [-0.2, -0.15) is 5.01 Å². The van der Waals surface area contributed by atoms with Crippen LogP contribution in [0.4, 0.5) is 9.93 Å². The highest BCUT2D eigenvalue weighted by Crippen LogP contribution is 2.36. The molecule has 2 aromatic rings. The molecule has 4 amide bonds. The average molecular weight is 552 g/mol. The number of anilines is 1. The maximum Gasteiger partial charge on any atom is 0.332 e. The number of unbranched alkanes of at least 4 members (excludes halogenated alkanes) is 1. The van der Waals surface area contributed by atoms with E-state index >= 15 is 0 Å². The Bertz CT molecular complexity index is 1280. The fourth-order valence-corrected chi connectivity index (χ4v) is 6.66. The van der Waals surface area contributed by atoms with Gasteiger partial charge < -0.3 is 20.9 Å². The first kappa shape index (κ1) is 27.1. The summed E-state index contributed by atoms with van der Waals surface area (Å²) in [5.41, 5.74) is 7.71. The van der Waals surface area contributed by atoms with Crippen LogP contribution in [0.25, 0.3) is 10.2 Å². The summed E-state index contributed by atoms with van der Waals surface area (Å²) >= 11 is 1.42. The number of carbonyl (C=O) groups excluding carboxylic acids is 3. The molecule has 1 aromatic heterocycles. The van der Waals surface area contributed by atoms with Crippen LogP contribution in [-0.2, 0) is 16.1 Å². The Morgan fingerprint density at radius 3 is 2.95 bits per heavy atom. The quantitative estimate of drug-likeness (QED) is 0.365. The van der Waals surface area contributed by atoms with Crippen molar-refractivity contribution in [1.29, 1.82) is 0 Å².